The Morgan fingerprint density at radius 2 is 1.67 bits per heavy atom. The van der Waals surface area contributed by atoms with Crippen molar-refractivity contribution in [3.63, 3.8) is 0 Å². The second-order valence-corrected chi connectivity index (χ2v) is 5.95. The van der Waals surface area contributed by atoms with Crippen molar-refractivity contribution in [2.75, 3.05) is 0 Å². The van der Waals surface area contributed by atoms with Gasteiger partial charge in [0.25, 0.3) is 10.1 Å². The summed E-state index contributed by atoms with van der Waals surface area (Å²) >= 11 is 0. The maximum atomic E-state index is 10.5. The van der Waals surface area contributed by atoms with Gasteiger partial charge in [-0.3, -0.25) is 4.55 Å². The molecule has 4 nitrogen and oxygen atoms in total. The smallest absolute Gasteiger partial charge is 0.294 e. The molecule has 0 aliphatic rings. The summed E-state index contributed by atoms with van der Waals surface area (Å²) in [4.78, 5) is -0.0666. The van der Waals surface area contributed by atoms with Gasteiger partial charge in [-0.1, -0.05) is 38.0 Å². The van der Waals surface area contributed by atoms with Crippen molar-refractivity contribution in [2.45, 2.75) is 45.1 Å². The van der Waals surface area contributed by atoms with Gasteiger partial charge in [-0.05, 0) is 31.9 Å². The van der Waals surface area contributed by atoms with Crippen LogP contribution >= 0.6 is 0 Å². The van der Waals surface area contributed by atoms with Crippen LogP contribution in [0, 0.1) is 12.8 Å². The molecule has 0 aliphatic carbocycles. The van der Waals surface area contributed by atoms with Crippen molar-refractivity contribution in [1.29, 1.82) is 0 Å². The SMILES string of the molecule is CCC(C)C(C)N.Cc1ccc(S(=O)(=O)O)cc1. The molecule has 0 saturated carbocycles. The van der Waals surface area contributed by atoms with Gasteiger partial charge in [0.15, 0.2) is 0 Å². The fourth-order valence-electron chi connectivity index (χ4n) is 1.08. The van der Waals surface area contributed by atoms with E-state index in [-0.39, 0.29) is 4.90 Å². The molecule has 0 heterocycles. The fraction of sp³-hybridized carbons (Fsp3) is 0.538. The number of nitrogens with two attached hydrogens (primary N) is 1. The van der Waals surface area contributed by atoms with Gasteiger partial charge in [0, 0.05) is 6.04 Å². The normalized spacial score (nSPS) is 14.3. The molecule has 0 radical (unpaired) electrons. The molecule has 5 heteroatoms. The van der Waals surface area contributed by atoms with Gasteiger partial charge in [0.2, 0.25) is 0 Å². The minimum Gasteiger partial charge on any atom is -0.328 e. The van der Waals surface area contributed by atoms with Crippen LogP contribution in [0.15, 0.2) is 29.2 Å². The zero-order valence-electron chi connectivity index (χ0n) is 11.4. The summed E-state index contributed by atoms with van der Waals surface area (Å²) in [7, 11) is -4.02. The zero-order valence-corrected chi connectivity index (χ0v) is 12.2. The van der Waals surface area contributed by atoms with E-state index in [4.69, 9.17) is 10.3 Å². The van der Waals surface area contributed by atoms with E-state index in [9.17, 15) is 8.42 Å². The first kappa shape index (κ1) is 17.1. The monoisotopic (exact) mass is 273 g/mol. The van der Waals surface area contributed by atoms with Crippen molar-refractivity contribution in [3.05, 3.63) is 29.8 Å². The summed E-state index contributed by atoms with van der Waals surface area (Å²) in [5.74, 6) is 0.681. The maximum absolute atomic E-state index is 10.5. The molecular formula is C13H23NO3S. The highest BCUT2D eigenvalue weighted by Gasteiger charge is 2.06. The predicted octanol–water partition coefficient (Wildman–Crippen LogP) is 2.62. The first-order valence-corrected chi connectivity index (χ1v) is 7.42. The van der Waals surface area contributed by atoms with Crippen molar-refractivity contribution in [3.8, 4) is 0 Å². The molecule has 2 atom stereocenters. The third kappa shape index (κ3) is 6.74. The van der Waals surface area contributed by atoms with Gasteiger partial charge < -0.3 is 5.73 Å². The van der Waals surface area contributed by atoms with Crippen molar-refractivity contribution in [2.24, 2.45) is 11.7 Å². The van der Waals surface area contributed by atoms with Gasteiger partial charge in [-0.15, -0.1) is 0 Å². The average Bonchev–Trinajstić information content (AvgIpc) is 2.28. The molecule has 0 fully saturated rings. The van der Waals surface area contributed by atoms with Crippen LogP contribution in [0.4, 0.5) is 0 Å². The molecule has 0 bridgehead atoms. The van der Waals surface area contributed by atoms with Gasteiger partial charge in [-0.25, -0.2) is 0 Å². The Balaban J connectivity index is 0.000000360. The lowest BCUT2D eigenvalue weighted by molar-refractivity contribution is 0.470. The number of hydrogen-bond acceptors (Lipinski definition) is 3. The number of benzene rings is 1. The van der Waals surface area contributed by atoms with Crippen LogP contribution in [0.25, 0.3) is 0 Å². The average molecular weight is 273 g/mol. The van der Waals surface area contributed by atoms with Crippen molar-refractivity contribution in [1.82, 2.24) is 0 Å². The third-order valence-electron chi connectivity index (χ3n) is 2.86. The van der Waals surface area contributed by atoms with Crippen molar-refractivity contribution < 1.29 is 13.0 Å². The third-order valence-corrected chi connectivity index (χ3v) is 3.73. The van der Waals surface area contributed by atoms with Gasteiger partial charge in [0.1, 0.15) is 0 Å². The summed E-state index contributed by atoms with van der Waals surface area (Å²) in [6.07, 6.45) is 1.19. The lowest BCUT2D eigenvalue weighted by Crippen LogP contribution is -2.23. The molecular weight excluding hydrogens is 250 g/mol. The van der Waals surface area contributed by atoms with E-state index in [1.165, 1.54) is 18.6 Å². The molecule has 1 aromatic carbocycles. The molecule has 18 heavy (non-hydrogen) atoms. The zero-order chi connectivity index (χ0) is 14.3. The van der Waals surface area contributed by atoms with E-state index in [1.807, 2.05) is 13.8 Å². The topological polar surface area (TPSA) is 80.4 Å². The molecule has 0 aliphatic heterocycles. The van der Waals surface area contributed by atoms with E-state index >= 15 is 0 Å². The first-order valence-electron chi connectivity index (χ1n) is 5.98. The Bertz CT molecular complexity index is 438. The highest BCUT2D eigenvalue weighted by Crippen LogP contribution is 2.08. The van der Waals surface area contributed by atoms with Crippen LogP contribution in [0.1, 0.15) is 32.8 Å². The standard InChI is InChI=1S/C7H8O3S.C6H15N/c1-6-2-4-7(5-3-6)11(8,9)10;1-4-5(2)6(3)7/h2-5H,1H3,(H,8,9,10);5-6H,4,7H2,1-3H3. The molecule has 104 valence electrons. The predicted molar refractivity (Wildman–Crippen MR) is 74.1 cm³/mol. The van der Waals surface area contributed by atoms with Gasteiger partial charge >= 0.3 is 0 Å². The van der Waals surface area contributed by atoms with Gasteiger partial charge in [0.05, 0.1) is 4.90 Å². The minimum atomic E-state index is -4.02. The Hall–Kier alpha value is -0.910. The fourth-order valence-corrected chi connectivity index (χ4v) is 1.56. The Labute approximate surface area is 110 Å². The Kier molecular flexibility index (Phi) is 7.13. The van der Waals surface area contributed by atoms with E-state index in [0.717, 1.165) is 5.56 Å². The van der Waals surface area contributed by atoms with E-state index in [0.29, 0.717) is 12.0 Å². The number of aryl methyl sites for hydroxylation is 1. The van der Waals surface area contributed by atoms with Crippen LogP contribution < -0.4 is 5.73 Å². The van der Waals surface area contributed by atoms with Crippen molar-refractivity contribution >= 4 is 10.1 Å². The van der Waals surface area contributed by atoms with Gasteiger partial charge in [-0.2, -0.15) is 8.42 Å². The summed E-state index contributed by atoms with van der Waals surface area (Å²) in [5.41, 5.74) is 6.50. The van der Waals surface area contributed by atoms with E-state index in [2.05, 4.69) is 13.8 Å². The molecule has 0 saturated heterocycles. The summed E-state index contributed by atoms with van der Waals surface area (Å²) in [5, 5.41) is 0. The molecule has 0 aromatic heterocycles. The highest BCUT2D eigenvalue weighted by molar-refractivity contribution is 7.85. The highest BCUT2D eigenvalue weighted by atomic mass is 32.2. The quantitative estimate of drug-likeness (QED) is 0.830. The van der Waals surface area contributed by atoms with Crippen LogP contribution in [0.5, 0.6) is 0 Å². The van der Waals surface area contributed by atoms with Crippen LogP contribution in [0.2, 0.25) is 0 Å². The number of rotatable bonds is 3. The summed E-state index contributed by atoms with van der Waals surface area (Å²) < 4.78 is 29.6. The molecule has 0 amide bonds. The van der Waals surface area contributed by atoms with Crippen LogP contribution in [-0.4, -0.2) is 19.0 Å². The number of hydrogen-bond donors (Lipinski definition) is 2. The molecule has 0 spiro atoms. The van der Waals surface area contributed by atoms with Crippen LogP contribution in [0.3, 0.4) is 0 Å². The Morgan fingerprint density at radius 1 is 1.22 bits per heavy atom. The Morgan fingerprint density at radius 3 is 1.89 bits per heavy atom. The van der Waals surface area contributed by atoms with E-state index < -0.39 is 10.1 Å². The molecule has 1 aromatic rings. The lowest BCUT2D eigenvalue weighted by atomic mass is 10.0. The molecule has 3 N–H and O–H groups in total. The first-order chi connectivity index (χ1) is 8.18. The largest absolute Gasteiger partial charge is 0.328 e. The molecule has 1 rings (SSSR count). The lowest BCUT2D eigenvalue weighted by Gasteiger charge is -2.10. The minimum absolute atomic E-state index is 0.0666. The van der Waals surface area contributed by atoms with Crippen LogP contribution in [-0.2, 0) is 10.1 Å². The summed E-state index contributed by atoms with van der Waals surface area (Å²) in [6.45, 7) is 8.22. The second kappa shape index (κ2) is 7.51. The summed E-state index contributed by atoms with van der Waals surface area (Å²) in [6, 6.07) is 6.35. The maximum Gasteiger partial charge on any atom is 0.294 e. The second-order valence-electron chi connectivity index (χ2n) is 4.53. The van der Waals surface area contributed by atoms with E-state index in [1.54, 1.807) is 12.1 Å². The molecule has 2 unspecified atom stereocenters.